The third-order valence-corrected chi connectivity index (χ3v) is 3.19. The van der Waals surface area contributed by atoms with Crippen molar-refractivity contribution in [1.29, 1.82) is 0 Å². The van der Waals surface area contributed by atoms with E-state index in [2.05, 4.69) is 0 Å². The molecule has 0 aromatic heterocycles. The molecule has 5 heteroatoms. The predicted molar refractivity (Wildman–Crippen MR) is 64.7 cm³/mol. The van der Waals surface area contributed by atoms with E-state index in [-0.39, 0.29) is 10.8 Å². The van der Waals surface area contributed by atoms with Crippen LogP contribution in [0.3, 0.4) is 0 Å². The van der Waals surface area contributed by atoms with Gasteiger partial charge in [0.2, 0.25) is 0 Å². The fourth-order valence-electron chi connectivity index (χ4n) is 1.16. The highest BCUT2D eigenvalue weighted by molar-refractivity contribution is 7.90. The van der Waals surface area contributed by atoms with Gasteiger partial charge in [-0.05, 0) is 30.2 Å². The van der Waals surface area contributed by atoms with Gasteiger partial charge < -0.3 is 4.74 Å². The molecule has 0 fully saturated rings. The Hall–Kier alpha value is -1.36. The molecular formula is C12H16O4S. The maximum atomic E-state index is 11.5. The second kappa shape index (κ2) is 5.31. The number of hydrogen-bond donors (Lipinski definition) is 0. The zero-order valence-electron chi connectivity index (χ0n) is 10.1. The third kappa shape index (κ3) is 4.19. The molecule has 1 aromatic rings. The Bertz CT molecular complexity index is 486. The van der Waals surface area contributed by atoms with Crippen molar-refractivity contribution in [2.24, 2.45) is 5.92 Å². The smallest absolute Gasteiger partial charge is 0.338 e. The van der Waals surface area contributed by atoms with Crippen LogP contribution in [0.5, 0.6) is 0 Å². The average Bonchev–Trinajstić information content (AvgIpc) is 2.25. The van der Waals surface area contributed by atoms with Crippen molar-refractivity contribution in [3.63, 3.8) is 0 Å². The molecule has 1 aromatic carbocycles. The lowest BCUT2D eigenvalue weighted by Crippen LogP contribution is -2.10. The van der Waals surface area contributed by atoms with Crippen molar-refractivity contribution >= 4 is 15.8 Å². The van der Waals surface area contributed by atoms with E-state index in [1.807, 2.05) is 13.8 Å². The first-order chi connectivity index (χ1) is 7.80. The Morgan fingerprint density at radius 1 is 1.24 bits per heavy atom. The van der Waals surface area contributed by atoms with Crippen molar-refractivity contribution < 1.29 is 17.9 Å². The van der Waals surface area contributed by atoms with Gasteiger partial charge in [-0.1, -0.05) is 13.8 Å². The highest BCUT2D eigenvalue weighted by atomic mass is 32.2. The van der Waals surface area contributed by atoms with Gasteiger partial charge in [-0.3, -0.25) is 0 Å². The first-order valence-corrected chi connectivity index (χ1v) is 7.17. The van der Waals surface area contributed by atoms with Gasteiger partial charge in [0.1, 0.15) is 0 Å². The van der Waals surface area contributed by atoms with Crippen LogP contribution < -0.4 is 0 Å². The molecule has 0 N–H and O–H groups in total. The lowest BCUT2D eigenvalue weighted by Gasteiger charge is -2.07. The van der Waals surface area contributed by atoms with Gasteiger partial charge in [0.05, 0.1) is 17.1 Å². The number of carbonyl (C=O) groups excluding carboxylic acids is 1. The maximum absolute atomic E-state index is 11.5. The molecule has 0 unspecified atom stereocenters. The molecule has 0 atom stereocenters. The summed E-state index contributed by atoms with van der Waals surface area (Å²) >= 11 is 0. The first-order valence-electron chi connectivity index (χ1n) is 5.28. The molecule has 0 radical (unpaired) electrons. The van der Waals surface area contributed by atoms with Crippen molar-refractivity contribution in [2.45, 2.75) is 18.7 Å². The molecular weight excluding hydrogens is 240 g/mol. The largest absolute Gasteiger partial charge is 0.462 e. The molecule has 0 heterocycles. The predicted octanol–water partition coefficient (Wildman–Crippen LogP) is 1.90. The molecule has 0 aliphatic heterocycles. The van der Waals surface area contributed by atoms with Crippen LogP contribution in [0.2, 0.25) is 0 Å². The SMILES string of the molecule is CC(C)COC(=O)c1ccc(S(C)(=O)=O)cc1. The van der Waals surface area contributed by atoms with Gasteiger partial charge in [0.25, 0.3) is 0 Å². The molecule has 0 bridgehead atoms. The number of ether oxygens (including phenoxy) is 1. The monoisotopic (exact) mass is 256 g/mol. The minimum atomic E-state index is -3.22. The summed E-state index contributed by atoms with van der Waals surface area (Å²) < 4.78 is 27.5. The van der Waals surface area contributed by atoms with E-state index in [4.69, 9.17) is 4.74 Å². The number of rotatable bonds is 4. The van der Waals surface area contributed by atoms with Gasteiger partial charge in [-0.15, -0.1) is 0 Å². The van der Waals surface area contributed by atoms with E-state index < -0.39 is 15.8 Å². The molecule has 17 heavy (non-hydrogen) atoms. The summed E-state index contributed by atoms with van der Waals surface area (Å²) in [5.41, 5.74) is 0.359. The molecule has 0 amide bonds. The van der Waals surface area contributed by atoms with Crippen LogP contribution >= 0.6 is 0 Å². The van der Waals surface area contributed by atoms with E-state index in [0.717, 1.165) is 6.26 Å². The van der Waals surface area contributed by atoms with E-state index >= 15 is 0 Å². The quantitative estimate of drug-likeness (QED) is 0.772. The van der Waals surface area contributed by atoms with Crippen molar-refractivity contribution in [3.05, 3.63) is 29.8 Å². The van der Waals surface area contributed by atoms with Crippen LogP contribution in [0, 0.1) is 5.92 Å². The Labute approximate surface area is 102 Å². The number of benzene rings is 1. The minimum absolute atomic E-state index is 0.193. The summed E-state index contributed by atoms with van der Waals surface area (Å²) in [5.74, 6) is -0.159. The van der Waals surface area contributed by atoms with Gasteiger partial charge in [0.15, 0.2) is 9.84 Å². The van der Waals surface area contributed by atoms with Crippen LogP contribution in [0.15, 0.2) is 29.2 Å². The topological polar surface area (TPSA) is 60.4 Å². The van der Waals surface area contributed by atoms with Gasteiger partial charge in [-0.25, -0.2) is 13.2 Å². The minimum Gasteiger partial charge on any atom is -0.462 e. The summed E-state index contributed by atoms with van der Waals surface area (Å²) in [6.45, 7) is 4.24. The van der Waals surface area contributed by atoms with E-state index in [1.54, 1.807) is 0 Å². The van der Waals surface area contributed by atoms with Crippen LogP contribution in [-0.2, 0) is 14.6 Å². The van der Waals surface area contributed by atoms with Gasteiger partial charge in [0, 0.05) is 6.26 Å². The van der Waals surface area contributed by atoms with Crippen molar-refractivity contribution in [1.82, 2.24) is 0 Å². The molecule has 4 nitrogen and oxygen atoms in total. The Morgan fingerprint density at radius 3 is 2.18 bits per heavy atom. The second-order valence-electron chi connectivity index (χ2n) is 4.29. The normalized spacial score (nSPS) is 11.5. The average molecular weight is 256 g/mol. The Morgan fingerprint density at radius 2 is 1.76 bits per heavy atom. The molecule has 0 saturated heterocycles. The van der Waals surface area contributed by atoms with Crippen LogP contribution in [0.1, 0.15) is 24.2 Å². The van der Waals surface area contributed by atoms with E-state index in [1.165, 1.54) is 24.3 Å². The summed E-state index contributed by atoms with van der Waals surface area (Å²) in [6.07, 6.45) is 1.12. The molecule has 0 aliphatic carbocycles. The summed E-state index contributed by atoms with van der Waals surface area (Å²) in [7, 11) is -3.22. The zero-order chi connectivity index (χ0) is 13.1. The fraction of sp³-hybridized carbons (Fsp3) is 0.417. The Kier molecular flexibility index (Phi) is 4.28. The number of esters is 1. The van der Waals surface area contributed by atoms with E-state index in [0.29, 0.717) is 12.2 Å². The van der Waals surface area contributed by atoms with Crippen molar-refractivity contribution in [2.75, 3.05) is 12.9 Å². The van der Waals surface area contributed by atoms with E-state index in [9.17, 15) is 13.2 Å². The number of hydrogen-bond acceptors (Lipinski definition) is 4. The van der Waals surface area contributed by atoms with Gasteiger partial charge >= 0.3 is 5.97 Å². The zero-order valence-corrected chi connectivity index (χ0v) is 11.0. The van der Waals surface area contributed by atoms with Crippen LogP contribution in [-0.4, -0.2) is 27.2 Å². The van der Waals surface area contributed by atoms with Crippen molar-refractivity contribution in [3.8, 4) is 0 Å². The first kappa shape index (κ1) is 13.7. The van der Waals surface area contributed by atoms with Crippen LogP contribution in [0.25, 0.3) is 0 Å². The van der Waals surface area contributed by atoms with Gasteiger partial charge in [-0.2, -0.15) is 0 Å². The maximum Gasteiger partial charge on any atom is 0.338 e. The third-order valence-electron chi connectivity index (χ3n) is 2.07. The lowest BCUT2D eigenvalue weighted by atomic mass is 10.2. The highest BCUT2D eigenvalue weighted by Crippen LogP contribution is 2.11. The summed E-state index contributed by atoms with van der Waals surface area (Å²) in [4.78, 5) is 11.7. The lowest BCUT2D eigenvalue weighted by molar-refractivity contribution is 0.0459. The number of carbonyl (C=O) groups is 1. The van der Waals surface area contributed by atoms with Crippen LogP contribution in [0.4, 0.5) is 0 Å². The Balaban J connectivity index is 2.78. The second-order valence-corrected chi connectivity index (χ2v) is 6.30. The highest BCUT2D eigenvalue weighted by Gasteiger charge is 2.11. The molecule has 0 aliphatic rings. The fourth-order valence-corrected chi connectivity index (χ4v) is 1.79. The standard InChI is InChI=1S/C12H16O4S/c1-9(2)8-16-12(13)10-4-6-11(7-5-10)17(3,14)15/h4-7,9H,8H2,1-3H3. The summed E-state index contributed by atoms with van der Waals surface area (Å²) in [6, 6.07) is 5.72. The molecule has 0 saturated carbocycles. The molecule has 1 rings (SSSR count). The molecule has 94 valence electrons. The number of sulfone groups is 1. The molecule has 0 spiro atoms. The summed E-state index contributed by atoms with van der Waals surface area (Å²) in [5, 5.41) is 0.